The summed E-state index contributed by atoms with van der Waals surface area (Å²) in [5.74, 6) is 2.49. The summed E-state index contributed by atoms with van der Waals surface area (Å²) in [6.07, 6.45) is 4.30. The van der Waals surface area contributed by atoms with Crippen molar-refractivity contribution >= 4 is 23.4 Å². The van der Waals surface area contributed by atoms with E-state index in [1.165, 1.54) is 12.0 Å². The van der Waals surface area contributed by atoms with Crippen molar-refractivity contribution in [3.63, 3.8) is 0 Å². The third-order valence-electron chi connectivity index (χ3n) is 5.43. The standard InChI is InChI=1S/C21H27N5O2/c1-24(2)21-22-18-10-5-4-9-17(18)20(23-21)25-11-12-26(19(27)14-25)15-7-6-8-16(13-15)28-3/h6-8,13H,4-5,9-12,14H2,1-3H3. The van der Waals surface area contributed by atoms with Crippen molar-refractivity contribution in [3.05, 3.63) is 35.5 Å². The molecule has 148 valence electrons. The van der Waals surface area contributed by atoms with E-state index in [9.17, 15) is 4.79 Å². The number of benzene rings is 1. The van der Waals surface area contributed by atoms with Gasteiger partial charge in [-0.1, -0.05) is 6.07 Å². The van der Waals surface area contributed by atoms with Gasteiger partial charge >= 0.3 is 0 Å². The number of carbonyl (C=O) groups excluding carboxylic acids is 1. The Hall–Kier alpha value is -2.83. The molecule has 2 heterocycles. The van der Waals surface area contributed by atoms with Crippen LogP contribution in [0.2, 0.25) is 0 Å². The summed E-state index contributed by atoms with van der Waals surface area (Å²) < 4.78 is 5.30. The van der Waals surface area contributed by atoms with Crippen LogP contribution in [0.15, 0.2) is 24.3 Å². The average Bonchev–Trinajstić information content (AvgIpc) is 2.72. The van der Waals surface area contributed by atoms with Crippen molar-refractivity contribution < 1.29 is 9.53 Å². The van der Waals surface area contributed by atoms with Crippen molar-refractivity contribution in [3.8, 4) is 5.75 Å². The number of hydrogen-bond donors (Lipinski definition) is 0. The molecule has 7 heteroatoms. The van der Waals surface area contributed by atoms with Gasteiger partial charge in [-0.25, -0.2) is 4.98 Å². The fourth-order valence-corrected chi connectivity index (χ4v) is 3.93. The maximum Gasteiger partial charge on any atom is 0.246 e. The summed E-state index contributed by atoms with van der Waals surface area (Å²) in [5, 5.41) is 0. The van der Waals surface area contributed by atoms with Gasteiger partial charge in [0.25, 0.3) is 0 Å². The van der Waals surface area contributed by atoms with Gasteiger partial charge in [0.05, 0.1) is 19.3 Å². The molecule has 1 aliphatic heterocycles. The molecule has 2 aromatic rings. The van der Waals surface area contributed by atoms with Crippen LogP contribution in [-0.2, 0) is 17.6 Å². The molecule has 2 aliphatic rings. The van der Waals surface area contributed by atoms with Gasteiger partial charge in [0.1, 0.15) is 11.6 Å². The lowest BCUT2D eigenvalue weighted by Gasteiger charge is -2.36. The predicted molar refractivity (Wildman–Crippen MR) is 111 cm³/mol. The third kappa shape index (κ3) is 3.48. The lowest BCUT2D eigenvalue weighted by atomic mass is 9.96. The van der Waals surface area contributed by atoms with Gasteiger partial charge < -0.3 is 19.4 Å². The van der Waals surface area contributed by atoms with Gasteiger partial charge in [-0.05, 0) is 37.8 Å². The van der Waals surface area contributed by atoms with E-state index in [4.69, 9.17) is 14.7 Å². The van der Waals surface area contributed by atoms with Gasteiger partial charge in [0.15, 0.2) is 0 Å². The number of nitrogens with zero attached hydrogens (tertiary/aromatic N) is 5. The maximum atomic E-state index is 13.0. The number of fused-ring (bicyclic) bond motifs is 1. The molecule has 1 aliphatic carbocycles. The Kier molecular flexibility index (Phi) is 5.07. The van der Waals surface area contributed by atoms with E-state index in [1.807, 2.05) is 48.2 Å². The summed E-state index contributed by atoms with van der Waals surface area (Å²) in [7, 11) is 5.56. The van der Waals surface area contributed by atoms with Crippen LogP contribution in [0.5, 0.6) is 5.75 Å². The summed E-state index contributed by atoms with van der Waals surface area (Å²) in [6, 6.07) is 7.66. The molecule has 1 saturated heterocycles. The molecule has 0 unspecified atom stereocenters. The topological polar surface area (TPSA) is 61.8 Å². The van der Waals surface area contributed by atoms with Crippen molar-refractivity contribution in [2.45, 2.75) is 25.7 Å². The van der Waals surface area contributed by atoms with Gasteiger partial charge in [0.2, 0.25) is 11.9 Å². The Morgan fingerprint density at radius 2 is 1.93 bits per heavy atom. The normalized spacial score (nSPS) is 16.8. The lowest BCUT2D eigenvalue weighted by molar-refractivity contribution is -0.117. The molecule has 1 amide bonds. The number of aromatic nitrogens is 2. The van der Waals surface area contributed by atoms with E-state index < -0.39 is 0 Å². The summed E-state index contributed by atoms with van der Waals surface area (Å²) in [5.41, 5.74) is 3.24. The Balaban J connectivity index is 1.60. The summed E-state index contributed by atoms with van der Waals surface area (Å²) >= 11 is 0. The van der Waals surface area contributed by atoms with Crippen LogP contribution in [0, 0.1) is 0 Å². The highest BCUT2D eigenvalue weighted by Crippen LogP contribution is 2.31. The number of ether oxygens (including phenoxy) is 1. The number of piperazine rings is 1. The minimum absolute atomic E-state index is 0.0778. The maximum absolute atomic E-state index is 13.0. The number of anilines is 3. The Bertz CT molecular complexity index is 883. The second kappa shape index (κ2) is 7.66. The van der Waals surface area contributed by atoms with E-state index in [0.717, 1.165) is 54.7 Å². The number of methoxy groups -OCH3 is 1. The first kappa shape index (κ1) is 18.5. The van der Waals surface area contributed by atoms with E-state index in [-0.39, 0.29) is 5.91 Å². The van der Waals surface area contributed by atoms with E-state index in [2.05, 4.69) is 4.90 Å². The molecule has 0 bridgehead atoms. The number of carbonyl (C=O) groups is 1. The Labute approximate surface area is 165 Å². The van der Waals surface area contributed by atoms with Gasteiger partial charge in [-0.2, -0.15) is 4.98 Å². The summed E-state index contributed by atoms with van der Waals surface area (Å²) in [6.45, 7) is 1.70. The second-order valence-electron chi connectivity index (χ2n) is 7.54. The molecule has 0 radical (unpaired) electrons. The molecule has 0 atom stereocenters. The van der Waals surface area contributed by atoms with Crippen molar-refractivity contribution in [1.29, 1.82) is 0 Å². The van der Waals surface area contributed by atoms with Crippen LogP contribution < -0.4 is 19.4 Å². The van der Waals surface area contributed by atoms with Crippen LogP contribution in [0.1, 0.15) is 24.1 Å². The highest BCUT2D eigenvalue weighted by molar-refractivity contribution is 5.97. The second-order valence-corrected chi connectivity index (χ2v) is 7.54. The van der Waals surface area contributed by atoms with Crippen LogP contribution in [0.4, 0.5) is 17.5 Å². The van der Waals surface area contributed by atoms with Crippen molar-refractivity contribution in [2.24, 2.45) is 0 Å². The van der Waals surface area contributed by atoms with E-state index in [1.54, 1.807) is 7.11 Å². The molecular formula is C21H27N5O2. The molecule has 0 spiro atoms. The first-order valence-electron chi connectivity index (χ1n) is 9.83. The molecule has 0 saturated carbocycles. The number of aryl methyl sites for hydroxylation is 1. The average molecular weight is 381 g/mol. The highest BCUT2D eigenvalue weighted by Gasteiger charge is 2.29. The van der Waals surface area contributed by atoms with Crippen LogP contribution >= 0.6 is 0 Å². The molecule has 1 fully saturated rings. The lowest BCUT2D eigenvalue weighted by Crippen LogP contribution is -2.51. The van der Waals surface area contributed by atoms with Gasteiger partial charge in [-0.15, -0.1) is 0 Å². The zero-order chi connectivity index (χ0) is 19.7. The first-order chi connectivity index (χ1) is 13.6. The Morgan fingerprint density at radius 1 is 1.11 bits per heavy atom. The fraction of sp³-hybridized carbons (Fsp3) is 0.476. The molecule has 7 nitrogen and oxygen atoms in total. The van der Waals surface area contributed by atoms with Crippen LogP contribution in [-0.4, -0.2) is 56.7 Å². The van der Waals surface area contributed by atoms with E-state index in [0.29, 0.717) is 13.1 Å². The predicted octanol–water partition coefficient (Wildman–Crippen LogP) is 2.28. The van der Waals surface area contributed by atoms with Crippen LogP contribution in [0.25, 0.3) is 0 Å². The molecular weight excluding hydrogens is 354 g/mol. The number of rotatable bonds is 4. The molecule has 4 rings (SSSR count). The monoisotopic (exact) mass is 381 g/mol. The first-order valence-corrected chi connectivity index (χ1v) is 9.83. The van der Waals surface area contributed by atoms with Gasteiger partial charge in [0, 0.05) is 44.5 Å². The van der Waals surface area contributed by atoms with E-state index >= 15 is 0 Å². The largest absolute Gasteiger partial charge is 0.497 e. The SMILES string of the molecule is COc1cccc(N2CCN(c3nc(N(C)C)nc4c3CCCC4)CC2=O)c1. The minimum Gasteiger partial charge on any atom is -0.497 e. The number of hydrogen-bond acceptors (Lipinski definition) is 6. The van der Waals surface area contributed by atoms with Crippen molar-refractivity contribution in [1.82, 2.24) is 9.97 Å². The molecule has 28 heavy (non-hydrogen) atoms. The minimum atomic E-state index is 0.0778. The third-order valence-corrected chi connectivity index (χ3v) is 5.43. The molecule has 0 N–H and O–H groups in total. The fourth-order valence-electron chi connectivity index (χ4n) is 3.93. The smallest absolute Gasteiger partial charge is 0.246 e. The van der Waals surface area contributed by atoms with Crippen molar-refractivity contribution in [2.75, 3.05) is 55.5 Å². The Morgan fingerprint density at radius 3 is 2.68 bits per heavy atom. The summed E-state index contributed by atoms with van der Waals surface area (Å²) in [4.78, 5) is 28.4. The molecule has 1 aromatic heterocycles. The number of amides is 1. The van der Waals surface area contributed by atoms with Crippen LogP contribution in [0.3, 0.4) is 0 Å². The highest BCUT2D eigenvalue weighted by atomic mass is 16.5. The molecule has 1 aromatic carbocycles. The van der Waals surface area contributed by atoms with Gasteiger partial charge in [-0.3, -0.25) is 4.79 Å². The quantitative estimate of drug-likeness (QED) is 0.810. The zero-order valence-corrected chi connectivity index (χ0v) is 16.8. The zero-order valence-electron chi connectivity index (χ0n) is 16.8.